The molecule has 0 saturated carbocycles. The lowest BCUT2D eigenvalue weighted by Crippen LogP contribution is -2.35. The minimum atomic E-state index is 0.0208. The van der Waals surface area contributed by atoms with E-state index in [1.54, 1.807) is 6.07 Å². The van der Waals surface area contributed by atoms with E-state index in [4.69, 9.17) is 0 Å². The van der Waals surface area contributed by atoms with Gasteiger partial charge in [0.15, 0.2) is 11.1 Å². The van der Waals surface area contributed by atoms with Crippen molar-refractivity contribution in [2.75, 3.05) is 31.5 Å². The fourth-order valence-corrected chi connectivity index (χ4v) is 4.60. The molecule has 0 aliphatic carbocycles. The van der Waals surface area contributed by atoms with E-state index >= 15 is 0 Å². The highest BCUT2D eigenvalue weighted by Gasteiger charge is 2.28. The molecule has 0 aromatic carbocycles. The van der Waals surface area contributed by atoms with Gasteiger partial charge in [-0.15, -0.1) is 11.3 Å². The van der Waals surface area contributed by atoms with Crippen molar-refractivity contribution in [3.05, 3.63) is 29.3 Å². The summed E-state index contributed by atoms with van der Waals surface area (Å²) in [7, 11) is 0. The number of aliphatic imine (C=N–C) groups is 1. The molecule has 8 heteroatoms. The van der Waals surface area contributed by atoms with Crippen LogP contribution >= 0.6 is 11.3 Å². The number of guanidine groups is 1. The van der Waals surface area contributed by atoms with E-state index in [1.807, 2.05) is 22.4 Å². The largest absolute Gasteiger partial charge is 0.356 e. The zero-order valence-corrected chi connectivity index (χ0v) is 17.8. The Hall–Kier alpha value is -2.48. The number of thiazole rings is 1. The van der Waals surface area contributed by atoms with Gasteiger partial charge in [0.05, 0.1) is 5.69 Å². The lowest BCUT2D eigenvalue weighted by Gasteiger charge is -2.17. The van der Waals surface area contributed by atoms with Crippen LogP contribution in [0, 0.1) is 11.8 Å². The second-order valence-corrected chi connectivity index (χ2v) is 8.98. The third-order valence-corrected chi connectivity index (χ3v) is 5.99. The number of nitrogens with zero attached hydrogens (tertiary/aromatic N) is 4. The highest BCUT2D eigenvalue weighted by molar-refractivity contribution is 7.14. The van der Waals surface area contributed by atoms with Crippen LogP contribution < -0.4 is 10.6 Å². The van der Waals surface area contributed by atoms with Crippen molar-refractivity contribution in [1.29, 1.82) is 0 Å². The van der Waals surface area contributed by atoms with Gasteiger partial charge in [-0.2, -0.15) is 0 Å². The molecule has 4 heterocycles. The first-order valence-electron chi connectivity index (χ1n) is 10.4. The maximum absolute atomic E-state index is 12.9. The Morgan fingerprint density at radius 1 is 1.34 bits per heavy atom. The number of carbonyl (C=O) groups excluding carboxylic acids is 1. The molecule has 2 aromatic rings. The van der Waals surface area contributed by atoms with Gasteiger partial charge in [-0.1, -0.05) is 19.9 Å². The number of aromatic nitrogens is 2. The Morgan fingerprint density at radius 2 is 2.24 bits per heavy atom. The first kappa shape index (κ1) is 19.8. The summed E-state index contributed by atoms with van der Waals surface area (Å²) in [6.07, 6.45) is 3.31. The third kappa shape index (κ3) is 4.93. The molecule has 29 heavy (non-hydrogen) atoms. The predicted octanol–water partition coefficient (Wildman–Crippen LogP) is 3.47. The quantitative estimate of drug-likeness (QED) is 0.786. The van der Waals surface area contributed by atoms with Crippen LogP contribution in [0.2, 0.25) is 0 Å². The number of likely N-dealkylation sites (tertiary alicyclic amines) is 1. The van der Waals surface area contributed by atoms with Crippen LogP contribution in [0.4, 0.5) is 5.13 Å². The van der Waals surface area contributed by atoms with Crippen LogP contribution in [0.5, 0.6) is 0 Å². The molecule has 154 valence electrons. The molecule has 0 radical (unpaired) electrons. The van der Waals surface area contributed by atoms with Crippen molar-refractivity contribution < 1.29 is 4.79 Å². The summed E-state index contributed by atoms with van der Waals surface area (Å²) in [5.74, 6) is 2.05. The van der Waals surface area contributed by atoms with Crippen molar-refractivity contribution in [2.24, 2.45) is 16.8 Å². The van der Waals surface area contributed by atoms with E-state index in [1.165, 1.54) is 17.8 Å². The number of anilines is 1. The van der Waals surface area contributed by atoms with Crippen molar-refractivity contribution in [3.63, 3.8) is 0 Å². The normalized spacial score (nSPS) is 19.2. The summed E-state index contributed by atoms with van der Waals surface area (Å²) >= 11 is 1.51. The van der Waals surface area contributed by atoms with E-state index in [9.17, 15) is 4.79 Å². The van der Waals surface area contributed by atoms with Crippen LogP contribution in [-0.2, 0) is 0 Å². The Morgan fingerprint density at radius 3 is 3.03 bits per heavy atom. The lowest BCUT2D eigenvalue weighted by molar-refractivity contribution is 0.0780. The molecule has 1 amide bonds. The minimum absolute atomic E-state index is 0.0208. The van der Waals surface area contributed by atoms with Crippen molar-refractivity contribution in [1.82, 2.24) is 20.2 Å². The smallest absolute Gasteiger partial charge is 0.272 e. The van der Waals surface area contributed by atoms with Crippen LogP contribution in [0.25, 0.3) is 11.4 Å². The third-order valence-electron chi connectivity index (χ3n) is 5.24. The number of amides is 1. The summed E-state index contributed by atoms with van der Waals surface area (Å²) in [4.78, 5) is 28.5. The van der Waals surface area contributed by atoms with Crippen molar-refractivity contribution >= 4 is 28.3 Å². The van der Waals surface area contributed by atoms with Gasteiger partial charge < -0.3 is 15.5 Å². The highest BCUT2D eigenvalue weighted by Crippen LogP contribution is 2.26. The van der Waals surface area contributed by atoms with Crippen LogP contribution in [0.3, 0.4) is 0 Å². The molecule has 1 saturated heterocycles. The Kier molecular flexibility index (Phi) is 6.08. The van der Waals surface area contributed by atoms with Crippen molar-refractivity contribution in [3.8, 4) is 11.4 Å². The molecule has 2 aromatic heterocycles. The van der Waals surface area contributed by atoms with Gasteiger partial charge in [0, 0.05) is 31.6 Å². The molecule has 1 unspecified atom stereocenters. The fraction of sp³-hybridized carbons (Fsp3) is 0.524. The average molecular weight is 413 g/mol. The second kappa shape index (κ2) is 8.90. The molecule has 0 spiro atoms. The Labute approximate surface area is 175 Å². The zero-order chi connectivity index (χ0) is 20.2. The van der Waals surface area contributed by atoms with Crippen LogP contribution in [-0.4, -0.2) is 52.9 Å². The van der Waals surface area contributed by atoms with Crippen LogP contribution in [0.1, 0.15) is 43.6 Å². The molecule has 1 atom stereocenters. The maximum Gasteiger partial charge on any atom is 0.272 e. The first-order valence-corrected chi connectivity index (χ1v) is 11.2. The molecule has 0 bridgehead atoms. The number of carbonyl (C=O) groups is 1. The summed E-state index contributed by atoms with van der Waals surface area (Å²) in [6, 6.07) is 5.59. The van der Waals surface area contributed by atoms with Gasteiger partial charge in [-0.25, -0.2) is 9.97 Å². The molecular weight excluding hydrogens is 384 g/mol. The molecule has 1 fully saturated rings. The number of nitrogens with one attached hydrogen (secondary N) is 2. The molecular formula is C21H28N6OS. The zero-order valence-electron chi connectivity index (χ0n) is 17.0. The number of hydrogen-bond acceptors (Lipinski definition) is 7. The van der Waals surface area contributed by atoms with E-state index < -0.39 is 0 Å². The summed E-state index contributed by atoms with van der Waals surface area (Å²) in [6.45, 7) is 7.88. The van der Waals surface area contributed by atoms with Gasteiger partial charge in [-0.05, 0) is 43.2 Å². The van der Waals surface area contributed by atoms with Gasteiger partial charge in [-0.3, -0.25) is 9.79 Å². The minimum Gasteiger partial charge on any atom is -0.356 e. The predicted molar refractivity (Wildman–Crippen MR) is 117 cm³/mol. The fourth-order valence-electron chi connectivity index (χ4n) is 3.90. The van der Waals surface area contributed by atoms with Gasteiger partial charge in [0.1, 0.15) is 11.4 Å². The SMILES string of the molecule is CC(C)CC1CCN(C(=O)c2cccc(-c3csc(NC4=NCCCN4)n3)n2)C1. The Balaban J connectivity index is 1.44. The topological polar surface area (TPSA) is 82.5 Å². The van der Waals surface area contributed by atoms with Gasteiger partial charge in [0.25, 0.3) is 5.91 Å². The number of pyridine rings is 1. The molecule has 7 nitrogen and oxygen atoms in total. The van der Waals surface area contributed by atoms with E-state index in [2.05, 4.69) is 39.4 Å². The van der Waals surface area contributed by atoms with Crippen molar-refractivity contribution in [2.45, 2.75) is 33.1 Å². The summed E-state index contributed by atoms with van der Waals surface area (Å²) < 4.78 is 0. The monoisotopic (exact) mass is 412 g/mol. The Bertz CT molecular complexity index is 893. The van der Waals surface area contributed by atoms with E-state index in [0.29, 0.717) is 17.5 Å². The lowest BCUT2D eigenvalue weighted by atomic mass is 9.97. The first-order chi connectivity index (χ1) is 14.1. The van der Waals surface area contributed by atoms with Crippen LogP contribution in [0.15, 0.2) is 28.6 Å². The van der Waals surface area contributed by atoms with Gasteiger partial charge >= 0.3 is 0 Å². The second-order valence-electron chi connectivity index (χ2n) is 8.12. The van der Waals surface area contributed by atoms with E-state index in [0.717, 1.165) is 61.5 Å². The highest BCUT2D eigenvalue weighted by atomic mass is 32.1. The summed E-state index contributed by atoms with van der Waals surface area (Å²) in [5.41, 5.74) is 1.98. The van der Waals surface area contributed by atoms with E-state index in [-0.39, 0.29) is 5.91 Å². The molecule has 2 aliphatic heterocycles. The summed E-state index contributed by atoms with van der Waals surface area (Å²) in [5, 5.41) is 9.17. The standard InChI is InChI=1S/C21H28N6OS/c1-14(2)11-15-7-10-27(12-15)19(28)17-6-3-5-16(24-17)18-13-29-21(25-18)26-20-22-8-4-9-23-20/h3,5-6,13-15H,4,7-12H2,1-2H3,(H2,22,23,25,26). The maximum atomic E-state index is 12.9. The molecule has 4 rings (SSSR count). The average Bonchev–Trinajstić information content (AvgIpc) is 3.38. The number of hydrogen-bond donors (Lipinski definition) is 2. The molecule has 2 aliphatic rings. The number of rotatable bonds is 5. The molecule has 2 N–H and O–H groups in total. The van der Waals surface area contributed by atoms with Gasteiger partial charge in [0.2, 0.25) is 0 Å².